The molecule has 3 heterocycles. The molecule has 1 atom stereocenters. The first kappa shape index (κ1) is 13.4. The van der Waals surface area contributed by atoms with Gasteiger partial charge in [-0.25, -0.2) is 9.98 Å². The minimum atomic E-state index is -0.683. The van der Waals surface area contributed by atoms with E-state index in [4.69, 9.17) is 20.9 Å². The Hall–Kier alpha value is -2.28. The molecule has 7 heteroatoms. The van der Waals surface area contributed by atoms with Gasteiger partial charge in [0.1, 0.15) is 11.3 Å². The van der Waals surface area contributed by atoms with E-state index in [-0.39, 0.29) is 6.02 Å². The molecule has 0 radical (unpaired) electrons. The van der Waals surface area contributed by atoms with Gasteiger partial charge in [-0.2, -0.15) is 0 Å². The lowest BCUT2D eigenvalue weighted by Crippen LogP contribution is -2.38. The van der Waals surface area contributed by atoms with E-state index in [2.05, 4.69) is 25.9 Å². The second kappa shape index (κ2) is 4.61. The van der Waals surface area contributed by atoms with Crippen molar-refractivity contribution in [3.05, 3.63) is 46.1 Å². The van der Waals surface area contributed by atoms with Gasteiger partial charge in [0.25, 0.3) is 6.02 Å². The van der Waals surface area contributed by atoms with Crippen molar-refractivity contribution < 1.29 is 9.47 Å². The topological polar surface area (TPSA) is 95.8 Å². The highest BCUT2D eigenvalue weighted by atomic mass is 79.9. The number of halogens is 1. The molecule has 0 amide bonds. The number of aromatic nitrogens is 1. The summed E-state index contributed by atoms with van der Waals surface area (Å²) in [5.41, 5.74) is 13.5. The van der Waals surface area contributed by atoms with Crippen molar-refractivity contribution in [3.63, 3.8) is 0 Å². The molecule has 0 aliphatic carbocycles. The van der Waals surface area contributed by atoms with E-state index in [1.54, 1.807) is 12.3 Å². The SMILES string of the molecule is NC1=NC2(CCO1)c1cc(N)ccc1Oc1ncc(Br)cc12. The van der Waals surface area contributed by atoms with Crippen molar-refractivity contribution >= 4 is 27.6 Å². The predicted molar refractivity (Wildman–Crippen MR) is 85.8 cm³/mol. The van der Waals surface area contributed by atoms with Gasteiger partial charge in [-0.3, -0.25) is 0 Å². The summed E-state index contributed by atoms with van der Waals surface area (Å²) in [6.07, 6.45) is 2.33. The van der Waals surface area contributed by atoms with E-state index < -0.39 is 5.54 Å². The molecule has 22 heavy (non-hydrogen) atoms. The van der Waals surface area contributed by atoms with E-state index in [1.807, 2.05) is 18.2 Å². The summed E-state index contributed by atoms with van der Waals surface area (Å²) < 4.78 is 12.1. The maximum atomic E-state index is 5.96. The Morgan fingerprint density at radius 1 is 1.18 bits per heavy atom. The number of nitrogens with two attached hydrogens (primary N) is 2. The number of nitrogen functional groups attached to an aromatic ring is 1. The van der Waals surface area contributed by atoms with Crippen molar-refractivity contribution in [1.29, 1.82) is 0 Å². The molecule has 2 aromatic rings. The first-order chi connectivity index (χ1) is 10.6. The molecule has 2 aliphatic heterocycles. The first-order valence-corrected chi connectivity index (χ1v) is 7.60. The molecule has 112 valence electrons. The average molecular weight is 361 g/mol. The zero-order valence-corrected chi connectivity index (χ0v) is 13.1. The van der Waals surface area contributed by atoms with Crippen molar-refractivity contribution in [2.24, 2.45) is 10.7 Å². The second-order valence-corrected chi connectivity index (χ2v) is 6.19. The highest BCUT2D eigenvalue weighted by Gasteiger charge is 2.45. The Kier molecular flexibility index (Phi) is 2.80. The molecule has 0 saturated carbocycles. The third-order valence-corrected chi connectivity index (χ3v) is 4.37. The number of hydrogen-bond donors (Lipinski definition) is 2. The van der Waals surface area contributed by atoms with Crippen LogP contribution in [0.2, 0.25) is 0 Å². The lowest BCUT2D eigenvalue weighted by atomic mass is 9.78. The number of nitrogens with zero attached hydrogens (tertiary/aromatic N) is 2. The molecule has 0 saturated heterocycles. The summed E-state index contributed by atoms with van der Waals surface area (Å²) >= 11 is 3.46. The minimum absolute atomic E-state index is 0.160. The van der Waals surface area contributed by atoms with Gasteiger partial charge in [0, 0.05) is 33.9 Å². The maximum absolute atomic E-state index is 5.96. The van der Waals surface area contributed by atoms with Gasteiger partial charge in [0.15, 0.2) is 0 Å². The summed E-state index contributed by atoms with van der Waals surface area (Å²) in [7, 11) is 0. The van der Waals surface area contributed by atoms with Crippen molar-refractivity contribution in [2.75, 3.05) is 12.3 Å². The Morgan fingerprint density at radius 3 is 2.86 bits per heavy atom. The summed E-state index contributed by atoms with van der Waals surface area (Å²) in [6, 6.07) is 7.62. The molecule has 4 N–H and O–H groups in total. The number of fused-ring (bicyclic) bond motifs is 4. The number of rotatable bonds is 0. The van der Waals surface area contributed by atoms with Crippen molar-refractivity contribution in [3.8, 4) is 11.6 Å². The van der Waals surface area contributed by atoms with Crippen molar-refractivity contribution in [2.45, 2.75) is 12.0 Å². The fourth-order valence-corrected chi connectivity index (χ4v) is 3.31. The number of amidine groups is 1. The summed E-state index contributed by atoms with van der Waals surface area (Å²) in [5.74, 6) is 1.22. The number of aliphatic imine (C=N–C) groups is 1. The number of benzene rings is 1. The van der Waals surface area contributed by atoms with Gasteiger partial charge in [0.05, 0.1) is 6.61 Å². The molecule has 6 nitrogen and oxygen atoms in total. The molecule has 4 rings (SSSR count). The summed E-state index contributed by atoms with van der Waals surface area (Å²) in [4.78, 5) is 8.98. The van der Waals surface area contributed by atoms with Gasteiger partial charge in [-0.05, 0) is 40.2 Å². The zero-order valence-electron chi connectivity index (χ0n) is 11.5. The van der Waals surface area contributed by atoms with E-state index in [9.17, 15) is 0 Å². The Morgan fingerprint density at radius 2 is 2.05 bits per heavy atom. The monoisotopic (exact) mass is 360 g/mol. The van der Waals surface area contributed by atoms with Crippen LogP contribution in [-0.4, -0.2) is 17.6 Å². The Bertz CT molecular complexity index is 755. The number of anilines is 1. The average Bonchev–Trinajstić information content (AvgIpc) is 2.49. The first-order valence-electron chi connectivity index (χ1n) is 6.80. The molecule has 2 aliphatic rings. The molecule has 0 bridgehead atoms. The van der Waals surface area contributed by atoms with Crippen LogP contribution in [0.3, 0.4) is 0 Å². The number of hydrogen-bond acceptors (Lipinski definition) is 6. The Balaban J connectivity index is 2.05. The fourth-order valence-electron chi connectivity index (χ4n) is 2.98. The molecule has 0 fully saturated rings. The predicted octanol–water partition coefficient (Wildman–Crippen LogP) is 2.51. The van der Waals surface area contributed by atoms with E-state index in [1.165, 1.54) is 0 Å². The van der Waals surface area contributed by atoms with Gasteiger partial charge < -0.3 is 20.9 Å². The molecule has 1 aromatic carbocycles. The quantitative estimate of drug-likeness (QED) is 0.703. The largest absolute Gasteiger partial charge is 0.465 e. The molecular formula is C15H13BrN4O2. The number of ether oxygens (including phenoxy) is 2. The molecule has 1 aromatic heterocycles. The van der Waals surface area contributed by atoms with E-state index in [0.717, 1.165) is 15.6 Å². The van der Waals surface area contributed by atoms with Crippen LogP contribution in [0.4, 0.5) is 5.69 Å². The lowest BCUT2D eigenvalue weighted by Gasteiger charge is -2.38. The van der Waals surface area contributed by atoms with E-state index >= 15 is 0 Å². The highest BCUT2D eigenvalue weighted by Crippen LogP contribution is 2.51. The maximum Gasteiger partial charge on any atom is 0.283 e. The summed E-state index contributed by atoms with van der Waals surface area (Å²) in [6.45, 7) is 0.468. The minimum Gasteiger partial charge on any atom is -0.465 e. The van der Waals surface area contributed by atoms with Gasteiger partial charge in [-0.15, -0.1) is 0 Å². The third kappa shape index (κ3) is 1.85. The smallest absolute Gasteiger partial charge is 0.283 e. The number of pyridine rings is 1. The van der Waals surface area contributed by atoms with Crippen LogP contribution in [0.1, 0.15) is 17.5 Å². The van der Waals surface area contributed by atoms with Gasteiger partial charge >= 0.3 is 0 Å². The second-order valence-electron chi connectivity index (χ2n) is 5.27. The van der Waals surface area contributed by atoms with Crippen LogP contribution in [-0.2, 0) is 10.3 Å². The fraction of sp³-hybridized carbons (Fsp3) is 0.200. The van der Waals surface area contributed by atoms with Gasteiger partial charge in [0.2, 0.25) is 5.88 Å². The van der Waals surface area contributed by atoms with Crippen molar-refractivity contribution in [1.82, 2.24) is 4.98 Å². The molecule has 1 unspecified atom stereocenters. The van der Waals surface area contributed by atoms with Crippen LogP contribution in [0.25, 0.3) is 0 Å². The van der Waals surface area contributed by atoms with Crippen LogP contribution in [0.5, 0.6) is 11.6 Å². The zero-order chi connectivity index (χ0) is 15.3. The normalized spacial score (nSPS) is 22.1. The van der Waals surface area contributed by atoms with Crippen LogP contribution >= 0.6 is 15.9 Å². The van der Waals surface area contributed by atoms with E-state index in [0.29, 0.717) is 30.3 Å². The van der Waals surface area contributed by atoms with Gasteiger partial charge in [-0.1, -0.05) is 0 Å². The lowest BCUT2D eigenvalue weighted by molar-refractivity contribution is 0.218. The summed E-state index contributed by atoms with van der Waals surface area (Å²) in [5, 5.41) is 0. The van der Waals surface area contributed by atoms with Crippen LogP contribution in [0, 0.1) is 0 Å². The Labute approximate surface area is 135 Å². The van der Waals surface area contributed by atoms with Crippen LogP contribution < -0.4 is 16.2 Å². The highest BCUT2D eigenvalue weighted by molar-refractivity contribution is 9.10. The standard InChI is InChI=1S/C15H13BrN4O2/c16-8-5-11-13(19-7-8)22-12-2-1-9(17)6-10(12)15(11)3-4-21-14(18)20-15/h1-2,5-7H,3-4,17H2,(H2,18,20). The molecular weight excluding hydrogens is 348 g/mol. The van der Waals surface area contributed by atoms with Crippen LogP contribution in [0.15, 0.2) is 39.9 Å². The third-order valence-electron chi connectivity index (χ3n) is 3.93. The molecule has 1 spiro atoms.